The first kappa shape index (κ1) is 18.9. The predicted octanol–water partition coefficient (Wildman–Crippen LogP) is 3.03. The summed E-state index contributed by atoms with van der Waals surface area (Å²) in [5.74, 6) is 1.26. The third-order valence-corrected chi connectivity index (χ3v) is 6.88. The maximum Gasteiger partial charge on any atom is 0.262 e. The van der Waals surface area contributed by atoms with Gasteiger partial charge in [-0.25, -0.2) is 4.98 Å². The summed E-state index contributed by atoms with van der Waals surface area (Å²) in [7, 11) is 0. The average Bonchev–Trinajstić information content (AvgIpc) is 3.21. The Morgan fingerprint density at radius 2 is 2.10 bits per heavy atom. The molecular weight excluding hydrogens is 400 g/mol. The van der Waals surface area contributed by atoms with Crippen LogP contribution in [0.2, 0.25) is 0 Å². The molecule has 1 aliphatic rings. The van der Waals surface area contributed by atoms with Crippen molar-refractivity contribution < 1.29 is 4.79 Å². The Hall–Kier alpha value is -3.07. The second kappa shape index (κ2) is 7.32. The molecule has 0 saturated carbocycles. The number of nitrogens with zero attached hydrogens (tertiary/aromatic N) is 5. The minimum Gasteiger partial charge on any atom is -0.342 e. The molecule has 0 aliphatic carbocycles. The smallest absolute Gasteiger partial charge is 0.262 e. The zero-order valence-electron chi connectivity index (χ0n) is 16.9. The quantitative estimate of drug-likeness (QED) is 0.548. The largest absolute Gasteiger partial charge is 0.342 e. The second-order valence-corrected chi connectivity index (χ2v) is 8.71. The molecule has 30 heavy (non-hydrogen) atoms. The zero-order valence-corrected chi connectivity index (χ0v) is 17.7. The molecule has 1 aliphatic heterocycles. The van der Waals surface area contributed by atoms with E-state index in [1.807, 2.05) is 42.6 Å². The molecule has 0 bridgehead atoms. The van der Waals surface area contributed by atoms with E-state index < -0.39 is 0 Å². The second-order valence-electron chi connectivity index (χ2n) is 7.71. The first-order valence-corrected chi connectivity index (χ1v) is 11.0. The Labute approximate surface area is 176 Å². The van der Waals surface area contributed by atoms with Gasteiger partial charge < -0.3 is 5.32 Å². The Bertz CT molecular complexity index is 1330. The summed E-state index contributed by atoms with van der Waals surface area (Å²) in [5, 5.41) is 11.9. The lowest BCUT2D eigenvalue weighted by Crippen LogP contribution is -2.28. The van der Waals surface area contributed by atoms with Gasteiger partial charge in [-0.05, 0) is 44.4 Å². The van der Waals surface area contributed by atoms with Gasteiger partial charge in [0.25, 0.3) is 11.5 Å². The molecule has 0 saturated heterocycles. The highest BCUT2D eigenvalue weighted by Gasteiger charge is 2.24. The van der Waals surface area contributed by atoms with Crippen molar-refractivity contribution in [1.82, 2.24) is 29.5 Å². The van der Waals surface area contributed by atoms with E-state index in [-0.39, 0.29) is 17.5 Å². The van der Waals surface area contributed by atoms with Crippen molar-refractivity contribution in [3.63, 3.8) is 0 Å². The molecule has 5 rings (SSSR count). The van der Waals surface area contributed by atoms with Crippen molar-refractivity contribution in [1.29, 1.82) is 0 Å². The van der Waals surface area contributed by atoms with Crippen LogP contribution in [0.3, 0.4) is 0 Å². The molecule has 9 heteroatoms. The fourth-order valence-corrected chi connectivity index (χ4v) is 5.20. The number of amides is 1. The minimum absolute atomic E-state index is 0.0267. The third-order valence-electron chi connectivity index (χ3n) is 5.69. The van der Waals surface area contributed by atoms with Crippen molar-refractivity contribution in [2.45, 2.75) is 52.1 Å². The summed E-state index contributed by atoms with van der Waals surface area (Å²) in [6.45, 7) is 4.40. The van der Waals surface area contributed by atoms with Crippen LogP contribution in [0.25, 0.3) is 15.9 Å². The average molecular weight is 423 g/mol. The lowest BCUT2D eigenvalue weighted by Gasteiger charge is -2.12. The highest BCUT2D eigenvalue weighted by atomic mass is 32.1. The number of aryl methyl sites for hydroxylation is 2. The Balaban J connectivity index is 1.50. The van der Waals surface area contributed by atoms with E-state index in [1.54, 1.807) is 4.57 Å². The molecule has 8 nitrogen and oxygen atoms in total. The van der Waals surface area contributed by atoms with E-state index in [9.17, 15) is 9.59 Å². The van der Waals surface area contributed by atoms with Crippen molar-refractivity contribution in [3.8, 4) is 0 Å². The summed E-state index contributed by atoms with van der Waals surface area (Å²) >= 11 is 1.29. The highest BCUT2D eigenvalue weighted by molar-refractivity contribution is 7.20. The summed E-state index contributed by atoms with van der Waals surface area (Å²) in [6.07, 6.45) is 5.81. The molecule has 1 amide bonds. The molecule has 0 radical (unpaired) electrons. The normalized spacial score (nSPS) is 15.1. The van der Waals surface area contributed by atoms with Gasteiger partial charge in [-0.3, -0.25) is 18.6 Å². The predicted molar refractivity (Wildman–Crippen MR) is 115 cm³/mol. The molecule has 1 N–H and O–H groups in total. The number of hydrogen-bond acceptors (Lipinski definition) is 6. The van der Waals surface area contributed by atoms with Crippen LogP contribution < -0.4 is 10.9 Å². The fraction of sp³-hybridized carbons (Fsp3) is 0.381. The number of rotatable bonds is 3. The lowest BCUT2D eigenvalue weighted by atomic mass is 10.2. The number of fused-ring (bicyclic) bond motifs is 3. The minimum atomic E-state index is -0.342. The van der Waals surface area contributed by atoms with E-state index in [4.69, 9.17) is 4.98 Å². The van der Waals surface area contributed by atoms with Crippen molar-refractivity contribution in [2.24, 2.45) is 0 Å². The van der Waals surface area contributed by atoms with Gasteiger partial charge in [0.1, 0.15) is 10.7 Å². The summed E-state index contributed by atoms with van der Waals surface area (Å²) in [4.78, 5) is 32.1. The van der Waals surface area contributed by atoms with Gasteiger partial charge in [0.05, 0.1) is 16.3 Å². The van der Waals surface area contributed by atoms with Crippen LogP contribution in [-0.2, 0) is 13.0 Å². The van der Waals surface area contributed by atoms with Crippen LogP contribution in [0, 0.1) is 6.92 Å². The molecule has 4 aromatic heterocycles. The van der Waals surface area contributed by atoms with Crippen LogP contribution in [0.15, 0.2) is 29.2 Å². The summed E-state index contributed by atoms with van der Waals surface area (Å²) in [6, 6.07) is 5.31. The number of nitrogens with one attached hydrogen (secondary N) is 1. The van der Waals surface area contributed by atoms with Gasteiger partial charge in [0.15, 0.2) is 11.5 Å². The fourth-order valence-electron chi connectivity index (χ4n) is 4.11. The highest BCUT2D eigenvalue weighted by Crippen LogP contribution is 2.29. The van der Waals surface area contributed by atoms with Crippen LogP contribution in [0.4, 0.5) is 0 Å². The van der Waals surface area contributed by atoms with E-state index in [2.05, 4.69) is 15.5 Å². The molecule has 1 unspecified atom stereocenters. The van der Waals surface area contributed by atoms with Gasteiger partial charge in [-0.1, -0.05) is 12.5 Å². The number of aromatic nitrogens is 5. The first-order chi connectivity index (χ1) is 14.5. The van der Waals surface area contributed by atoms with E-state index >= 15 is 0 Å². The van der Waals surface area contributed by atoms with Gasteiger partial charge in [0.2, 0.25) is 0 Å². The van der Waals surface area contributed by atoms with Gasteiger partial charge in [0, 0.05) is 19.2 Å². The molecule has 0 fully saturated rings. The van der Waals surface area contributed by atoms with Crippen LogP contribution in [0.5, 0.6) is 0 Å². The standard InChI is InChI=1S/C21H22N6O2S/c1-12-16-20(23-14-8-4-3-6-11-27(14)21(16)29)30-17(12)19(28)22-13(2)18-25-24-15-9-5-7-10-26(15)18/h5,7,9-10,13H,3-4,6,8,11H2,1-2H3,(H,22,28). The van der Waals surface area contributed by atoms with E-state index in [0.29, 0.717) is 33.0 Å². The molecular formula is C21H22N6O2S. The van der Waals surface area contributed by atoms with Crippen molar-refractivity contribution in [3.05, 3.63) is 56.8 Å². The molecule has 1 atom stereocenters. The third kappa shape index (κ3) is 3.00. The Morgan fingerprint density at radius 3 is 2.97 bits per heavy atom. The molecule has 154 valence electrons. The zero-order chi connectivity index (χ0) is 20.8. The van der Waals surface area contributed by atoms with Gasteiger partial charge >= 0.3 is 0 Å². The first-order valence-electron chi connectivity index (χ1n) is 10.2. The molecule has 0 aromatic carbocycles. The van der Waals surface area contributed by atoms with Gasteiger partial charge in [-0.2, -0.15) is 0 Å². The molecule has 4 aromatic rings. The number of carbonyl (C=O) groups excluding carboxylic acids is 1. The van der Waals surface area contributed by atoms with E-state index in [1.165, 1.54) is 11.3 Å². The monoisotopic (exact) mass is 422 g/mol. The number of pyridine rings is 1. The topological polar surface area (TPSA) is 94.2 Å². The van der Waals surface area contributed by atoms with Gasteiger partial charge in [-0.15, -0.1) is 21.5 Å². The maximum atomic E-state index is 13.1. The Kier molecular flexibility index (Phi) is 4.62. The number of thiophene rings is 1. The SMILES string of the molecule is Cc1c(C(=O)NC(C)c2nnc3ccccn23)sc2nc3n(c(=O)c12)CCCCC3. The lowest BCUT2D eigenvalue weighted by molar-refractivity contribution is 0.0941. The van der Waals surface area contributed by atoms with Crippen LogP contribution >= 0.6 is 11.3 Å². The summed E-state index contributed by atoms with van der Waals surface area (Å²) in [5.41, 5.74) is 1.40. The van der Waals surface area contributed by atoms with Crippen molar-refractivity contribution in [2.75, 3.05) is 0 Å². The molecule has 5 heterocycles. The van der Waals surface area contributed by atoms with Crippen molar-refractivity contribution >= 4 is 33.1 Å². The molecule has 0 spiro atoms. The number of carbonyl (C=O) groups is 1. The summed E-state index contributed by atoms with van der Waals surface area (Å²) < 4.78 is 3.65. The van der Waals surface area contributed by atoms with E-state index in [0.717, 1.165) is 37.2 Å². The number of hydrogen-bond donors (Lipinski definition) is 1. The van der Waals surface area contributed by atoms with Crippen LogP contribution in [0.1, 0.15) is 59.1 Å². The van der Waals surface area contributed by atoms with Crippen LogP contribution in [-0.4, -0.2) is 30.1 Å². The Morgan fingerprint density at radius 1 is 1.23 bits per heavy atom. The maximum absolute atomic E-state index is 13.1.